The third-order valence-corrected chi connectivity index (χ3v) is 7.20. The normalized spacial score (nSPS) is 26.4. The number of nitrogens with one attached hydrogen (secondary N) is 1. The quantitative estimate of drug-likeness (QED) is 0.571. The number of rotatable bonds is 4. The molecule has 1 aromatic heterocycles. The SMILES string of the molecule is COc1cnc(C(=O)Nc2ccc(F)c(C3(C)CS(O)(O)C(C)(F)C(N)=N3)c2)cn1. The van der Waals surface area contributed by atoms with E-state index in [1.807, 2.05) is 0 Å². The van der Waals surface area contributed by atoms with Gasteiger partial charge in [-0.25, -0.2) is 18.7 Å². The van der Waals surface area contributed by atoms with Crippen molar-refractivity contribution in [2.24, 2.45) is 10.7 Å². The molecule has 0 radical (unpaired) electrons. The molecule has 0 saturated heterocycles. The average molecular weight is 441 g/mol. The van der Waals surface area contributed by atoms with Crippen molar-refractivity contribution in [3.63, 3.8) is 0 Å². The molecule has 5 N–H and O–H groups in total. The molecular weight excluding hydrogens is 420 g/mol. The zero-order valence-corrected chi connectivity index (χ0v) is 17.2. The Morgan fingerprint density at radius 2 is 2.00 bits per heavy atom. The van der Waals surface area contributed by atoms with E-state index in [4.69, 9.17) is 10.5 Å². The number of hydrogen-bond acceptors (Lipinski definition) is 8. The highest BCUT2D eigenvalue weighted by Gasteiger charge is 2.52. The van der Waals surface area contributed by atoms with Crippen LogP contribution in [0, 0.1) is 5.82 Å². The molecule has 30 heavy (non-hydrogen) atoms. The van der Waals surface area contributed by atoms with Gasteiger partial charge in [0.05, 0.1) is 25.3 Å². The predicted molar refractivity (Wildman–Crippen MR) is 109 cm³/mol. The van der Waals surface area contributed by atoms with Gasteiger partial charge in [0.25, 0.3) is 10.9 Å². The zero-order chi connectivity index (χ0) is 22.3. The highest BCUT2D eigenvalue weighted by atomic mass is 32.3. The topological polar surface area (TPSA) is 143 Å². The second-order valence-electron chi connectivity index (χ2n) is 7.09. The van der Waals surface area contributed by atoms with Crippen LogP contribution in [0.25, 0.3) is 0 Å². The lowest BCUT2D eigenvalue weighted by molar-refractivity contribution is 0.102. The molecule has 1 aliphatic heterocycles. The smallest absolute Gasteiger partial charge is 0.275 e. The number of nitrogens with zero attached hydrogens (tertiary/aromatic N) is 3. The molecule has 0 aliphatic carbocycles. The Kier molecular flexibility index (Phi) is 5.43. The number of anilines is 1. The first-order valence-corrected chi connectivity index (χ1v) is 10.4. The summed E-state index contributed by atoms with van der Waals surface area (Å²) in [5, 5.41) is -0.0763. The molecule has 3 rings (SSSR count). The van der Waals surface area contributed by atoms with Crippen LogP contribution in [0.2, 0.25) is 0 Å². The third kappa shape index (κ3) is 3.80. The Bertz CT molecular complexity index is 1020. The van der Waals surface area contributed by atoms with Gasteiger partial charge in [-0.05, 0) is 32.0 Å². The Labute approximate surface area is 172 Å². The van der Waals surface area contributed by atoms with Crippen LogP contribution in [0.5, 0.6) is 5.88 Å². The summed E-state index contributed by atoms with van der Waals surface area (Å²) >= 11 is 0. The number of hydrogen-bond donors (Lipinski definition) is 4. The Morgan fingerprint density at radius 3 is 2.57 bits per heavy atom. The molecule has 0 spiro atoms. The summed E-state index contributed by atoms with van der Waals surface area (Å²) in [6.07, 6.45) is 2.48. The van der Waals surface area contributed by atoms with Crippen LogP contribution in [0.3, 0.4) is 0 Å². The first-order chi connectivity index (χ1) is 13.9. The van der Waals surface area contributed by atoms with Crippen LogP contribution >= 0.6 is 10.6 Å². The van der Waals surface area contributed by atoms with E-state index in [0.717, 1.165) is 13.0 Å². The van der Waals surface area contributed by atoms with Crippen LogP contribution in [0.1, 0.15) is 29.9 Å². The number of halogens is 2. The number of amides is 1. The summed E-state index contributed by atoms with van der Waals surface area (Å²) in [4.78, 5) is 24.2. The van der Waals surface area contributed by atoms with E-state index in [1.165, 1.54) is 38.6 Å². The number of carbonyl (C=O) groups is 1. The number of benzene rings is 1. The first-order valence-electron chi connectivity index (χ1n) is 8.67. The van der Waals surface area contributed by atoms with Gasteiger partial charge in [-0.3, -0.25) is 18.9 Å². The maximum Gasteiger partial charge on any atom is 0.275 e. The van der Waals surface area contributed by atoms with Gasteiger partial charge in [0.1, 0.15) is 17.1 Å². The van der Waals surface area contributed by atoms with Crippen molar-refractivity contribution in [3.8, 4) is 5.88 Å². The minimum atomic E-state index is -3.87. The van der Waals surface area contributed by atoms with E-state index in [-0.39, 0.29) is 22.8 Å². The Morgan fingerprint density at radius 1 is 1.30 bits per heavy atom. The van der Waals surface area contributed by atoms with E-state index >= 15 is 0 Å². The molecule has 1 aromatic carbocycles. The number of aliphatic imine (C=N–C) groups is 1. The Hall–Kier alpha value is -2.83. The minimum Gasteiger partial charge on any atom is -0.480 e. The maximum absolute atomic E-state index is 14.6. The second-order valence-corrected chi connectivity index (χ2v) is 9.48. The molecular formula is C18H21F2N5O4S. The van der Waals surface area contributed by atoms with Crippen LogP contribution in [-0.4, -0.2) is 48.7 Å². The van der Waals surface area contributed by atoms with Gasteiger partial charge in [0.15, 0.2) is 5.84 Å². The van der Waals surface area contributed by atoms with Crippen molar-refractivity contribution in [3.05, 3.63) is 47.7 Å². The van der Waals surface area contributed by atoms with Gasteiger partial charge in [-0.1, -0.05) is 0 Å². The summed E-state index contributed by atoms with van der Waals surface area (Å²) < 4.78 is 54.6. The van der Waals surface area contributed by atoms with Gasteiger partial charge in [-0.15, -0.1) is 0 Å². The van der Waals surface area contributed by atoms with E-state index in [2.05, 4.69) is 20.3 Å². The first kappa shape index (κ1) is 21.9. The van der Waals surface area contributed by atoms with Crippen molar-refractivity contribution in [2.75, 3.05) is 18.2 Å². The lowest BCUT2D eigenvalue weighted by atomic mass is 9.93. The number of ether oxygens (including phenoxy) is 1. The van der Waals surface area contributed by atoms with Crippen molar-refractivity contribution in [2.45, 2.75) is 24.4 Å². The fourth-order valence-electron chi connectivity index (χ4n) is 2.98. The monoisotopic (exact) mass is 441 g/mol. The molecule has 162 valence electrons. The standard InChI is InChI=1S/C18H21F2N5O4S/c1-17(9-30(27,28)18(2,20)16(21)25-17)11-6-10(4-5-12(11)19)24-15(26)13-7-23-14(29-3)8-22-13/h4-8,27-28H,9H2,1-3H3,(H2,21,25)(H,24,26). The molecule has 0 saturated carbocycles. The number of nitrogens with two attached hydrogens (primary N) is 1. The lowest BCUT2D eigenvalue weighted by Crippen LogP contribution is -2.51. The molecule has 0 bridgehead atoms. The van der Waals surface area contributed by atoms with Crippen molar-refractivity contribution in [1.82, 2.24) is 9.97 Å². The molecule has 9 nitrogen and oxygen atoms in total. The van der Waals surface area contributed by atoms with Crippen LogP contribution in [0.15, 0.2) is 35.6 Å². The highest BCUT2D eigenvalue weighted by Crippen LogP contribution is 2.60. The van der Waals surface area contributed by atoms with Crippen LogP contribution in [0.4, 0.5) is 14.5 Å². The molecule has 0 fully saturated rings. The van der Waals surface area contributed by atoms with E-state index in [0.29, 0.717) is 0 Å². The molecule has 2 atom stereocenters. The maximum atomic E-state index is 14.6. The highest BCUT2D eigenvalue weighted by molar-refractivity contribution is 8.26. The minimum absolute atomic E-state index is 0.00445. The van der Waals surface area contributed by atoms with Gasteiger partial charge in [0, 0.05) is 11.3 Å². The number of aromatic nitrogens is 2. The average Bonchev–Trinajstić information content (AvgIpc) is 2.67. The molecule has 1 amide bonds. The number of carbonyl (C=O) groups excluding carboxylic acids is 1. The van der Waals surface area contributed by atoms with Crippen molar-refractivity contribution < 1.29 is 27.4 Å². The van der Waals surface area contributed by atoms with E-state index in [1.54, 1.807) is 0 Å². The third-order valence-electron chi connectivity index (χ3n) is 4.80. The molecule has 2 unspecified atom stereocenters. The number of alkyl halides is 1. The molecule has 1 aliphatic rings. The zero-order valence-electron chi connectivity index (χ0n) is 16.4. The van der Waals surface area contributed by atoms with Gasteiger partial charge in [0.2, 0.25) is 5.88 Å². The fourth-order valence-corrected chi connectivity index (χ4v) is 4.64. The van der Waals surface area contributed by atoms with E-state index < -0.39 is 44.4 Å². The van der Waals surface area contributed by atoms with Crippen LogP contribution in [-0.2, 0) is 5.54 Å². The molecule has 2 heterocycles. The summed E-state index contributed by atoms with van der Waals surface area (Å²) in [5.74, 6) is -2.32. The second kappa shape index (κ2) is 7.45. The van der Waals surface area contributed by atoms with Gasteiger partial charge in [-0.2, -0.15) is 10.6 Å². The van der Waals surface area contributed by atoms with Gasteiger partial charge < -0.3 is 15.8 Å². The number of amidine groups is 1. The van der Waals surface area contributed by atoms with Crippen molar-refractivity contribution in [1.29, 1.82) is 0 Å². The number of methoxy groups -OCH3 is 1. The lowest BCUT2D eigenvalue weighted by Gasteiger charge is -2.50. The molecule has 2 aromatic rings. The summed E-state index contributed by atoms with van der Waals surface area (Å²) in [6.45, 7) is 2.33. The fraction of sp³-hybridized carbons (Fsp3) is 0.333. The van der Waals surface area contributed by atoms with Crippen molar-refractivity contribution >= 4 is 28.0 Å². The van der Waals surface area contributed by atoms with Gasteiger partial charge >= 0.3 is 0 Å². The summed E-state index contributed by atoms with van der Waals surface area (Å²) in [6, 6.07) is 3.66. The Balaban J connectivity index is 1.93. The molecule has 12 heteroatoms. The predicted octanol–water partition coefficient (Wildman–Crippen LogP) is 2.90. The summed E-state index contributed by atoms with van der Waals surface area (Å²) in [7, 11) is -2.47. The summed E-state index contributed by atoms with van der Waals surface area (Å²) in [5.41, 5.74) is 4.17. The largest absolute Gasteiger partial charge is 0.480 e. The van der Waals surface area contributed by atoms with E-state index in [9.17, 15) is 22.7 Å². The van der Waals surface area contributed by atoms with Crippen LogP contribution < -0.4 is 15.8 Å².